The second kappa shape index (κ2) is 6.36. The molecule has 2 bridgehead atoms. The van der Waals surface area contributed by atoms with Gasteiger partial charge in [-0.05, 0) is 18.4 Å². The number of ether oxygens (including phenoxy) is 4. The van der Waals surface area contributed by atoms with Crippen molar-refractivity contribution in [3.8, 4) is 0 Å². The van der Waals surface area contributed by atoms with Crippen molar-refractivity contribution in [3.63, 3.8) is 0 Å². The van der Waals surface area contributed by atoms with Crippen molar-refractivity contribution in [2.24, 2.45) is 5.41 Å². The van der Waals surface area contributed by atoms with Crippen molar-refractivity contribution in [1.29, 1.82) is 0 Å². The third kappa shape index (κ3) is 2.89. The summed E-state index contributed by atoms with van der Waals surface area (Å²) in [5, 5.41) is 0. The molecule has 0 unspecified atom stereocenters. The summed E-state index contributed by atoms with van der Waals surface area (Å²) in [6.07, 6.45) is 1.48. The summed E-state index contributed by atoms with van der Waals surface area (Å²) >= 11 is 0. The van der Waals surface area contributed by atoms with E-state index >= 15 is 0 Å². The van der Waals surface area contributed by atoms with Crippen molar-refractivity contribution in [3.05, 3.63) is 35.9 Å². The molecule has 0 N–H and O–H groups in total. The van der Waals surface area contributed by atoms with Crippen LogP contribution in [0.2, 0.25) is 0 Å². The van der Waals surface area contributed by atoms with Crippen LogP contribution in [0.4, 0.5) is 0 Å². The molecule has 0 amide bonds. The molecular weight excluding hydrogens is 284 g/mol. The van der Waals surface area contributed by atoms with Crippen molar-refractivity contribution < 1.29 is 23.7 Å². The van der Waals surface area contributed by atoms with Crippen LogP contribution in [0, 0.1) is 5.41 Å². The summed E-state index contributed by atoms with van der Waals surface area (Å²) in [5.74, 6) is -0.227. The lowest BCUT2D eigenvalue weighted by atomic mass is 9.82. The highest BCUT2D eigenvalue weighted by molar-refractivity contribution is 5.70. The summed E-state index contributed by atoms with van der Waals surface area (Å²) < 4.78 is 22.2. The molecule has 3 rings (SSSR count). The molecule has 5 heteroatoms. The number of fused-ring (bicyclic) bond motifs is 2. The minimum absolute atomic E-state index is 0.00346. The second-order valence-electron chi connectivity index (χ2n) is 6.10. The predicted octanol–water partition coefficient (Wildman–Crippen LogP) is 2.29. The number of carbonyl (C=O) groups excluding carboxylic acids is 1. The Bertz CT molecular complexity index is 517. The average Bonchev–Trinajstić information content (AvgIpc) is 3.07. The molecule has 1 saturated heterocycles. The van der Waals surface area contributed by atoms with Crippen molar-refractivity contribution in [2.75, 3.05) is 14.2 Å². The average molecular weight is 306 g/mol. The van der Waals surface area contributed by atoms with Crippen LogP contribution in [-0.4, -0.2) is 38.7 Å². The van der Waals surface area contributed by atoms with Crippen LogP contribution < -0.4 is 0 Å². The fourth-order valence-corrected chi connectivity index (χ4v) is 3.62. The molecule has 1 heterocycles. The van der Waals surface area contributed by atoms with Gasteiger partial charge in [0.2, 0.25) is 0 Å². The van der Waals surface area contributed by atoms with E-state index in [0.717, 1.165) is 18.4 Å². The minimum atomic E-state index is -0.354. The highest BCUT2D eigenvalue weighted by Gasteiger charge is 2.59. The lowest BCUT2D eigenvalue weighted by molar-refractivity contribution is -0.217. The fraction of sp³-hybridized carbons (Fsp3) is 0.588. The molecule has 1 aliphatic heterocycles. The van der Waals surface area contributed by atoms with E-state index < -0.39 is 0 Å². The maximum atomic E-state index is 11.7. The minimum Gasteiger partial charge on any atom is -0.469 e. The van der Waals surface area contributed by atoms with Gasteiger partial charge >= 0.3 is 5.97 Å². The number of methoxy groups -OCH3 is 2. The fourth-order valence-electron chi connectivity index (χ4n) is 3.62. The molecule has 0 spiro atoms. The summed E-state index contributed by atoms with van der Waals surface area (Å²) in [7, 11) is 3.02. The van der Waals surface area contributed by atoms with Crippen molar-refractivity contribution in [2.45, 2.75) is 44.4 Å². The van der Waals surface area contributed by atoms with Gasteiger partial charge < -0.3 is 18.9 Å². The Balaban J connectivity index is 1.64. The van der Waals surface area contributed by atoms with Gasteiger partial charge in [0.15, 0.2) is 6.29 Å². The van der Waals surface area contributed by atoms with Crippen LogP contribution >= 0.6 is 0 Å². The maximum absolute atomic E-state index is 11.7. The molecule has 0 aromatic heterocycles. The highest BCUT2D eigenvalue weighted by Crippen LogP contribution is 2.54. The van der Waals surface area contributed by atoms with Gasteiger partial charge in [-0.2, -0.15) is 0 Å². The van der Waals surface area contributed by atoms with Crippen LogP contribution in [0.3, 0.4) is 0 Å². The number of hydrogen-bond acceptors (Lipinski definition) is 5. The molecule has 5 nitrogen and oxygen atoms in total. The molecule has 1 aromatic carbocycles. The second-order valence-corrected chi connectivity index (χ2v) is 6.10. The van der Waals surface area contributed by atoms with Gasteiger partial charge in [-0.25, -0.2) is 0 Å². The van der Waals surface area contributed by atoms with E-state index in [2.05, 4.69) is 0 Å². The standard InChI is InChI=1S/C17H22O5/c1-19-15(18)10-17-8-13(14(9-17)22-16(17)20-2)21-11-12-6-4-3-5-7-12/h3-7,13-14,16H,8-11H2,1-2H3/t13-,14+,16+,17+/m0/s1. The lowest BCUT2D eigenvalue weighted by Crippen LogP contribution is -2.41. The first-order chi connectivity index (χ1) is 10.7. The summed E-state index contributed by atoms with van der Waals surface area (Å²) in [6, 6.07) is 10.1. The van der Waals surface area contributed by atoms with Gasteiger partial charge in [0.25, 0.3) is 0 Å². The molecule has 22 heavy (non-hydrogen) atoms. The summed E-state index contributed by atoms with van der Waals surface area (Å²) in [4.78, 5) is 11.7. The van der Waals surface area contributed by atoms with Gasteiger partial charge in [0.1, 0.15) is 0 Å². The molecule has 1 saturated carbocycles. The molecular formula is C17H22O5. The molecule has 2 fully saturated rings. The van der Waals surface area contributed by atoms with E-state index in [9.17, 15) is 4.79 Å². The number of benzene rings is 1. The Morgan fingerprint density at radius 3 is 2.73 bits per heavy atom. The quantitative estimate of drug-likeness (QED) is 0.755. The third-order valence-corrected chi connectivity index (χ3v) is 4.67. The molecule has 4 atom stereocenters. The normalized spacial score (nSPS) is 33.1. The van der Waals surface area contributed by atoms with E-state index in [1.165, 1.54) is 7.11 Å². The first kappa shape index (κ1) is 15.5. The number of carbonyl (C=O) groups is 1. The Morgan fingerprint density at radius 2 is 2.05 bits per heavy atom. The Kier molecular flexibility index (Phi) is 4.47. The number of esters is 1. The lowest BCUT2D eigenvalue weighted by Gasteiger charge is -2.35. The topological polar surface area (TPSA) is 54.0 Å². The van der Waals surface area contributed by atoms with E-state index in [0.29, 0.717) is 13.0 Å². The molecule has 2 aliphatic rings. The SMILES string of the molecule is COC(=O)C[C@@]12C[C@H](OCc3ccccc3)[C@@H](C1)O[C@H]2OC. The zero-order valence-electron chi connectivity index (χ0n) is 13.0. The summed E-state index contributed by atoms with van der Waals surface area (Å²) in [5.41, 5.74) is 0.809. The molecule has 120 valence electrons. The number of rotatable bonds is 6. The van der Waals surface area contributed by atoms with Crippen molar-refractivity contribution in [1.82, 2.24) is 0 Å². The monoisotopic (exact) mass is 306 g/mol. The van der Waals surface area contributed by atoms with Gasteiger partial charge in [0, 0.05) is 12.5 Å². The third-order valence-electron chi connectivity index (χ3n) is 4.67. The van der Waals surface area contributed by atoms with Gasteiger partial charge in [0.05, 0.1) is 32.3 Å². The van der Waals surface area contributed by atoms with Crippen LogP contribution in [0.25, 0.3) is 0 Å². The number of hydrogen-bond donors (Lipinski definition) is 0. The van der Waals surface area contributed by atoms with E-state index in [-0.39, 0.29) is 29.9 Å². The first-order valence-electron chi connectivity index (χ1n) is 7.57. The molecule has 1 aliphatic carbocycles. The van der Waals surface area contributed by atoms with E-state index in [4.69, 9.17) is 18.9 Å². The van der Waals surface area contributed by atoms with Crippen LogP contribution in [-0.2, 0) is 30.3 Å². The first-order valence-corrected chi connectivity index (χ1v) is 7.57. The van der Waals surface area contributed by atoms with E-state index in [1.807, 2.05) is 30.3 Å². The smallest absolute Gasteiger partial charge is 0.306 e. The van der Waals surface area contributed by atoms with Crippen molar-refractivity contribution >= 4 is 5.97 Å². The maximum Gasteiger partial charge on any atom is 0.306 e. The van der Waals surface area contributed by atoms with Crippen LogP contribution in [0.15, 0.2) is 30.3 Å². The molecule has 1 aromatic rings. The Morgan fingerprint density at radius 1 is 1.27 bits per heavy atom. The zero-order valence-corrected chi connectivity index (χ0v) is 13.0. The van der Waals surface area contributed by atoms with Gasteiger partial charge in [-0.1, -0.05) is 30.3 Å². The largest absolute Gasteiger partial charge is 0.469 e. The van der Waals surface area contributed by atoms with E-state index in [1.54, 1.807) is 7.11 Å². The van der Waals surface area contributed by atoms with Crippen LogP contribution in [0.1, 0.15) is 24.8 Å². The Labute approximate surface area is 130 Å². The van der Waals surface area contributed by atoms with Gasteiger partial charge in [-0.3, -0.25) is 4.79 Å². The Hall–Kier alpha value is -1.43. The van der Waals surface area contributed by atoms with Crippen LogP contribution in [0.5, 0.6) is 0 Å². The van der Waals surface area contributed by atoms with Gasteiger partial charge in [-0.15, -0.1) is 0 Å². The summed E-state index contributed by atoms with van der Waals surface area (Å²) in [6.45, 7) is 0.553. The zero-order chi connectivity index (χ0) is 15.6. The molecule has 0 radical (unpaired) electrons. The highest BCUT2D eigenvalue weighted by atomic mass is 16.7. The predicted molar refractivity (Wildman–Crippen MR) is 79.0 cm³/mol.